The highest BCUT2D eigenvalue weighted by Gasteiger charge is 2.45. The van der Waals surface area contributed by atoms with Crippen LogP contribution in [0.4, 0.5) is 0 Å². The fraction of sp³-hybridized carbons (Fsp3) is 0.444. The molecule has 13 heavy (non-hydrogen) atoms. The molecule has 2 atom stereocenters. The Balaban J connectivity index is 2.30. The van der Waals surface area contributed by atoms with E-state index in [-0.39, 0.29) is 12.2 Å². The molecule has 0 amide bonds. The third-order valence-corrected chi connectivity index (χ3v) is 3.10. The van der Waals surface area contributed by atoms with Gasteiger partial charge in [0.15, 0.2) is 6.20 Å². The van der Waals surface area contributed by atoms with Crippen molar-refractivity contribution < 1.29 is 9.47 Å². The van der Waals surface area contributed by atoms with Gasteiger partial charge in [0, 0.05) is 6.07 Å². The Morgan fingerprint density at radius 1 is 1.46 bits per heavy atom. The van der Waals surface area contributed by atoms with Crippen LogP contribution in [0.1, 0.15) is 36.3 Å². The van der Waals surface area contributed by atoms with Crippen LogP contribution in [-0.4, -0.2) is 0 Å². The maximum Gasteiger partial charge on any atom is 0.229 e. The summed E-state index contributed by atoms with van der Waals surface area (Å²) in [4.78, 5) is 0. The molecule has 2 aliphatic heterocycles. The van der Waals surface area contributed by atoms with E-state index in [0.717, 1.165) is 28.8 Å². The molecule has 2 aliphatic rings. The lowest BCUT2D eigenvalue weighted by Crippen LogP contribution is -2.33. The lowest BCUT2D eigenvalue weighted by atomic mass is 9.96. The van der Waals surface area contributed by atoms with Crippen molar-refractivity contribution in [2.75, 3.05) is 0 Å². The molecule has 2 bridgehead atoms. The summed E-state index contributed by atoms with van der Waals surface area (Å²) < 4.78 is 6.48. The number of hydrogen-bond donors (Lipinski definition) is 0. The molecule has 3 rings (SSSR count). The summed E-state index contributed by atoms with van der Waals surface area (Å²) in [5.74, 6) is 0. The van der Waals surface area contributed by atoms with Gasteiger partial charge in [-0.15, -0.1) is 0 Å². The molecular formula is C9H8ClNO2. The Bertz CT molecular complexity index is 345. The summed E-state index contributed by atoms with van der Waals surface area (Å²) in [6.07, 6.45) is 3.43. The molecule has 0 N–H and O–H groups in total. The highest BCUT2D eigenvalue weighted by Crippen LogP contribution is 2.50. The summed E-state index contributed by atoms with van der Waals surface area (Å²) in [7, 11) is 0. The highest BCUT2D eigenvalue weighted by molar-refractivity contribution is 6.31. The Morgan fingerprint density at radius 2 is 2.23 bits per heavy atom. The average Bonchev–Trinajstić information content (AvgIpc) is 2.70. The summed E-state index contributed by atoms with van der Waals surface area (Å²) in [5, 5.41) is 12.1. The molecule has 0 saturated carbocycles. The molecule has 68 valence electrons. The van der Waals surface area contributed by atoms with Crippen molar-refractivity contribution in [2.45, 2.75) is 25.0 Å². The molecule has 0 aliphatic carbocycles. The van der Waals surface area contributed by atoms with E-state index in [0.29, 0.717) is 5.02 Å². The molecule has 3 nitrogen and oxygen atoms in total. The van der Waals surface area contributed by atoms with Crippen molar-refractivity contribution >= 4 is 11.6 Å². The zero-order valence-electron chi connectivity index (χ0n) is 6.87. The predicted molar refractivity (Wildman–Crippen MR) is 46.2 cm³/mol. The van der Waals surface area contributed by atoms with Gasteiger partial charge in [-0.25, -0.2) is 0 Å². The van der Waals surface area contributed by atoms with Crippen LogP contribution in [-0.2, 0) is 4.74 Å². The molecule has 0 radical (unpaired) electrons. The smallest absolute Gasteiger partial charge is 0.229 e. The van der Waals surface area contributed by atoms with Crippen LogP contribution in [0.3, 0.4) is 0 Å². The van der Waals surface area contributed by atoms with E-state index in [1.54, 1.807) is 6.07 Å². The molecule has 3 heterocycles. The van der Waals surface area contributed by atoms with Gasteiger partial charge in [0.2, 0.25) is 5.69 Å². The van der Waals surface area contributed by atoms with Crippen LogP contribution < -0.4 is 4.73 Å². The minimum Gasteiger partial charge on any atom is -0.618 e. The first-order valence-electron chi connectivity index (χ1n) is 4.34. The fourth-order valence-corrected chi connectivity index (χ4v) is 2.50. The Labute approximate surface area is 80.5 Å². The van der Waals surface area contributed by atoms with Crippen LogP contribution in [0, 0.1) is 5.21 Å². The number of ether oxygens (including phenoxy) is 1. The third-order valence-electron chi connectivity index (χ3n) is 2.77. The van der Waals surface area contributed by atoms with Crippen molar-refractivity contribution in [2.24, 2.45) is 0 Å². The van der Waals surface area contributed by atoms with E-state index < -0.39 is 0 Å². The van der Waals surface area contributed by atoms with E-state index in [4.69, 9.17) is 16.3 Å². The number of hydrogen-bond acceptors (Lipinski definition) is 2. The molecule has 0 aromatic carbocycles. The van der Waals surface area contributed by atoms with Gasteiger partial charge in [0.05, 0.1) is 16.7 Å². The van der Waals surface area contributed by atoms with Crippen LogP contribution in [0.5, 0.6) is 0 Å². The van der Waals surface area contributed by atoms with E-state index in [1.165, 1.54) is 6.20 Å². The summed E-state index contributed by atoms with van der Waals surface area (Å²) >= 11 is 6.00. The van der Waals surface area contributed by atoms with Gasteiger partial charge in [-0.1, -0.05) is 11.6 Å². The van der Waals surface area contributed by atoms with Crippen molar-refractivity contribution in [3.05, 3.63) is 33.8 Å². The van der Waals surface area contributed by atoms with Crippen LogP contribution in [0.2, 0.25) is 5.02 Å². The first-order chi connectivity index (χ1) is 6.27. The number of halogens is 1. The fourth-order valence-electron chi connectivity index (χ4n) is 2.23. The van der Waals surface area contributed by atoms with Gasteiger partial charge in [0.25, 0.3) is 0 Å². The van der Waals surface area contributed by atoms with E-state index in [9.17, 15) is 5.21 Å². The van der Waals surface area contributed by atoms with E-state index >= 15 is 0 Å². The standard InChI is InChI=1S/C9H8ClNO2/c10-5-3-4-11(12)9-7-2-1-6(13-7)8(5)9/h3-4,6-7H,1-2H2. The first kappa shape index (κ1) is 7.59. The van der Waals surface area contributed by atoms with Crippen LogP contribution >= 0.6 is 11.6 Å². The summed E-state index contributed by atoms with van der Waals surface area (Å²) in [6.45, 7) is 0. The lowest BCUT2D eigenvalue weighted by molar-refractivity contribution is -0.617. The maximum atomic E-state index is 11.4. The monoisotopic (exact) mass is 197 g/mol. The molecule has 1 fully saturated rings. The normalized spacial score (nSPS) is 29.3. The number of nitrogens with zero attached hydrogens (tertiary/aromatic N) is 1. The molecule has 0 spiro atoms. The van der Waals surface area contributed by atoms with Gasteiger partial charge in [-0.05, 0) is 12.8 Å². The van der Waals surface area contributed by atoms with Gasteiger partial charge < -0.3 is 9.94 Å². The molecule has 2 unspecified atom stereocenters. The second kappa shape index (κ2) is 2.36. The van der Waals surface area contributed by atoms with Crippen molar-refractivity contribution in [1.82, 2.24) is 0 Å². The summed E-state index contributed by atoms with van der Waals surface area (Å²) in [5.41, 5.74) is 1.64. The number of pyridine rings is 1. The van der Waals surface area contributed by atoms with Crippen LogP contribution in [0.15, 0.2) is 12.3 Å². The van der Waals surface area contributed by atoms with Crippen LogP contribution in [0.25, 0.3) is 0 Å². The first-order valence-corrected chi connectivity index (χ1v) is 4.72. The number of rotatable bonds is 0. The molecule has 4 heteroatoms. The topological polar surface area (TPSA) is 36.2 Å². The molecule has 1 aromatic heterocycles. The van der Waals surface area contributed by atoms with Crippen molar-refractivity contribution in [3.63, 3.8) is 0 Å². The minimum atomic E-state index is -0.0174. The Hall–Kier alpha value is -0.800. The van der Waals surface area contributed by atoms with Crippen molar-refractivity contribution in [1.29, 1.82) is 0 Å². The number of aromatic nitrogens is 1. The molecular weight excluding hydrogens is 190 g/mol. The van der Waals surface area contributed by atoms with Gasteiger partial charge >= 0.3 is 0 Å². The zero-order chi connectivity index (χ0) is 9.00. The highest BCUT2D eigenvalue weighted by atomic mass is 35.5. The minimum absolute atomic E-state index is 0.0174. The van der Waals surface area contributed by atoms with Gasteiger partial charge in [-0.3, -0.25) is 0 Å². The summed E-state index contributed by atoms with van der Waals surface area (Å²) in [6, 6.07) is 1.64. The predicted octanol–water partition coefficient (Wildman–Crippen LogP) is 1.88. The second-order valence-corrected chi connectivity index (χ2v) is 3.89. The largest absolute Gasteiger partial charge is 0.618 e. The van der Waals surface area contributed by atoms with Crippen molar-refractivity contribution in [3.8, 4) is 0 Å². The zero-order valence-corrected chi connectivity index (χ0v) is 7.62. The van der Waals surface area contributed by atoms with E-state index in [2.05, 4.69) is 0 Å². The second-order valence-electron chi connectivity index (χ2n) is 3.48. The SMILES string of the molecule is [O-][n+]1ccc(Cl)c2c1C1CCC2O1. The lowest BCUT2D eigenvalue weighted by Gasteiger charge is -2.11. The third kappa shape index (κ3) is 0.860. The Kier molecular flexibility index (Phi) is 1.38. The Morgan fingerprint density at radius 3 is 3.00 bits per heavy atom. The van der Waals surface area contributed by atoms with E-state index in [1.807, 2.05) is 0 Å². The maximum absolute atomic E-state index is 11.4. The van der Waals surface area contributed by atoms with Gasteiger partial charge in [0.1, 0.15) is 6.10 Å². The number of fused-ring (bicyclic) bond motifs is 5. The average molecular weight is 198 g/mol. The quantitative estimate of drug-likeness (QED) is 0.470. The van der Waals surface area contributed by atoms with Gasteiger partial charge in [-0.2, -0.15) is 4.73 Å². The molecule has 1 aromatic rings. The molecule has 1 saturated heterocycles.